The maximum Gasteiger partial charge on any atom is 0.328 e. The first kappa shape index (κ1) is 10.8. The van der Waals surface area contributed by atoms with Gasteiger partial charge in [0, 0.05) is 24.8 Å². The molecular formula is C10H11FN2O3. The molecule has 2 atom stereocenters. The largest absolute Gasteiger partial charge is 0.396 e. The van der Waals surface area contributed by atoms with Crippen molar-refractivity contribution < 1.29 is 9.50 Å². The van der Waals surface area contributed by atoms with Crippen LogP contribution in [0.3, 0.4) is 0 Å². The van der Waals surface area contributed by atoms with E-state index in [2.05, 4.69) is 4.98 Å². The van der Waals surface area contributed by atoms with Crippen LogP contribution in [0.25, 0.3) is 0 Å². The van der Waals surface area contributed by atoms with Crippen LogP contribution in [0.4, 0.5) is 4.39 Å². The van der Waals surface area contributed by atoms with Crippen LogP contribution in [-0.4, -0.2) is 21.3 Å². The van der Waals surface area contributed by atoms with Crippen molar-refractivity contribution in [2.75, 3.05) is 6.61 Å². The molecule has 1 aliphatic rings. The molecule has 0 unspecified atom stereocenters. The fourth-order valence-electron chi connectivity index (χ4n) is 1.85. The van der Waals surface area contributed by atoms with E-state index < -0.39 is 23.1 Å². The monoisotopic (exact) mass is 226 g/mol. The van der Waals surface area contributed by atoms with Crippen LogP contribution in [-0.2, 0) is 0 Å². The lowest BCUT2D eigenvalue weighted by atomic mass is 10.1. The molecule has 2 rings (SSSR count). The number of halogens is 1. The lowest BCUT2D eigenvalue weighted by molar-refractivity contribution is 0.242. The topological polar surface area (TPSA) is 75.1 Å². The number of aliphatic hydroxyl groups is 1. The molecule has 0 saturated carbocycles. The number of allylic oxidation sites excluding steroid dienone is 1. The van der Waals surface area contributed by atoms with E-state index in [1.165, 1.54) is 18.3 Å². The van der Waals surface area contributed by atoms with Crippen molar-refractivity contribution in [3.8, 4) is 0 Å². The molecule has 0 bridgehead atoms. The fourth-order valence-corrected chi connectivity index (χ4v) is 1.85. The maximum absolute atomic E-state index is 13.5. The number of hydrogen-bond donors (Lipinski definition) is 2. The molecule has 16 heavy (non-hydrogen) atoms. The van der Waals surface area contributed by atoms with Gasteiger partial charge >= 0.3 is 5.69 Å². The van der Waals surface area contributed by atoms with Crippen LogP contribution >= 0.6 is 0 Å². The number of aliphatic hydroxyl groups excluding tert-OH is 1. The van der Waals surface area contributed by atoms with Crippen molar-refractivity contribution in [1.29, 1.82) is 0 Å². The molecule has 1 aromatic heterocycles. The van der Waals surface area contributed by atoms with E-state index in [1.807, 2.05) is 0 Å². The Morgan fingerprint density at radius 1 is 1.56 bits per heavy atom. The van der Waals surface area contributed by atoms with Gasteiger partial charge in [-0.1, -0.05) is 0 Å². The molecule has 0 amide bonds. The summed E-state index contributed by atoms with van der Waals surface area (Å²) in [6.45, 7) is -0.151. The van der Waals surface area contributed by atoms with Gasteiger partial charge in [-0.05, 0) is 12.5 Å². The molecular weight excluding hydrogens is 215 g/mol. The van der Waals surface area contributed by atoms with E-state index in [1.54, 1.807) is 0 Å². The summed E-state index contributed by atoms with van der Waals surface area (Å²) in [7, 11) is 0. The Hall–Kier alpha value is -1.69. The maximum atomic E-state index is 13.5. The van der Waals surface area contributed by atoms with Gasteiger partial charge in [-0.2, -0.15) is 0 Å². The molecule has 0 aliphatic heterocycles. The van der Waals surface area contributed by atoms with Gasteiger partial charge in [-0.3, -0.25) is 14.3 Å². The number of H-pyrrole nitrogens is 1. The van der Waals surface area contributed by atoms with Crippen molar-refractivity contribution in [3.05, 3.63) is 45.0 Å². The van der Waals surface area contributed by atoms with Crippen LogP contribution in [0.2, 0.25) is 0 Å². The Morgan fingerprint density at radius 2 is 2.31 bits per heavy atom. The number of rotatable bonds is 2. The van der Waals surface area contributed by atoms with Gasteiger partial charge in [0.15, 0.2) is 0 Å². The molecule has 0 saturated heterocycles. The molecule has 0 spiro atoms. The van der Waals surface area contributed by atoms with Crippen LogP contribution < -0.4 is 11.2 Å². The van der Waals surface area contributed by atoms with Crippen LogP contribution in [0.5, 0.6) is 0 Å². The van der Waals surface area contributed by atoms with E-state index in [-0.39, 0.29) is 12.5 Å². The minimum Gasteiger partial charge on any atom is -0.396 e. The number of nitrogens with zero attached hydrogens (tertiary/aromatic N) is 1. The average Bonchev–Trinajstić information content (AvgIpc) is 2.60. The Balaban J connectivity index is 2.37. The summed E-state index contributed by atoms with van der Waals surface area (Å²) in [4.78, 5) is 24.3. The lowest BCUT2D eigenvalue weighted by Crippen LogP contribution is -2.31. The van der Waals surface area contributed by atoms with Crippen molar-refractivity contribution in [1.82, 2.24) is 9.55 Å². The molecule has 5 nitrogen and oxygen atoms in total. The van der Waals surface area contributed by atoms with Crippen LogP contribution in [0.15, 0.2) is 33.8 Å². The molecule has 0 radical (unpaired) electrons. The Labute approximate surface area is 89.9 Å². The first-order valence-corrected chi connectivity index (χ1v) is 4.91. The molecule has 1 aromatic rings. The zero-order valence-electron chi connectivity index (χ0n) is 8.39. The smallest absolute Gasteiger partial charge is 0.328 e. The highest BCUT2D eigenvalue weighted by Crippen LogP contribution is 2.33. The van der Waals surface area contributed by atoms with Gasteiger partial charge in [0.1, 0.15) is 5.83 Å². The van der Waals surface area contributed by atoms with E-state index >= 15 is 0 Å². The summed E-state index contributed by atoms with van der Waals surface area (Å²) in [5, 5.41) is 8.91. The van der Waals surface area contributed by atoms with Gasteiger partial charge < -0.3 is 5.11 Å². The molecule has 2 N–H and O–H groups in total. The van der Waals surface area contributed by atoms with Gasteiger partial charge in [0.2, 0.25) is 0 Å². The van der Waals surface area contributed by atoms with E-state index in [0.717, 1.165) is 4.57 Å². The van der Waals surface area contributed by atoms with Crippen molar-refractivity contribution >= 4 is 0 Å². The number of aromatic amines is 1. The zero-order chi connectivity index (χ0) is 11.7. The van der Waals surface area contributed by atoms with Crippen LogP contribution in [0.1, 0.15) is 12.5 Å². The zero-order valence-corrected chi connectivity index (χ0v) is 8.39. The summed E-state index contributed by atoms with van der Waals surface area (Å²) in [6.07, 6.45) is 2.90. The Bertz CT molecular complexity index is 531. The average molecular weight is 226 g/mol. The minimum atomic E-state index is -0.721. The summed E-state index contributed by atoms with van der Waals surface area (Å²) < 4.78 is 14.6. The summed E-state index contributed by atoms with van der Waals surface area (Å²) >= 11 is 0. The number of hydrogen-bond acceptors (Lipinski definition) is 3. The fraction of sp³-hybridized carbons (Fsp3) is 0.400. The highest BCUT2D eigenvalue weighted by molar-refractivity contribution is 5.12. The number of aromatic nitrogens is 2. The summed E-state index contributed by atoms with van der Waals surface area (Å²) in [5.74, 6) is -0.725. The third kappa shape index (κ3) is 1.83. The second kappa shape index (κ2) is 4.05. The lowest BCUT2D eigenvalue weighted by Gasteiger charge is -2.13. The van der Waals surface area contributed by atoms with Crippen LogP contribution in [0, 0.1) is 5.92 Å². The quantitative estimate of drug-likeness (QED) is 0.742. The SMILES string of the molecule is O=c1ccn([C@@H]2C[C@H](CO)C=C2F)c(=O)[nH]1. The van der Waals surface area contributed by atoms with E-state index in [9.17, 15) is 14.0 Å². The first-order chi connectivity index (χ1) is 7.61. The van der Waals surface area contributed by atoms with Gasteiger partial charge in [-0.15, -0.1) is 0 Å². The highest BCUT2D eigenvalue weighted by Gasteiger charge is 2.28. The van der Waals surface area contributed by atoms with Crippen molar-refractivity contribution in [2.24, 2.45) is 5.92 Å². The van der Waals surface area contributed by atoms with Crippen molar-refractivity contribution in [3.63, 3.8) is 0 Å². The van der Waals surface area contributed by atoms with Gasteiger partial charge in [0.25, 0.3) is 5.56 Å². The predicted molar refractivity (Wildman–Crippen MR) is 54.7 cm³/mol. The summed E-state index contributed by atoms with van der Waals surface area (Å²) in [5.41, 5.74) is -1.15. The summed E-state index contributed by atoms with van der Waals surface area (Å²) in [6, 6.07) is 0.447. The molecule has 1 aliphatic carbocycles. The Kier molecular flexibility index (Phi) is 2.74. The third-order valence-corrected chi connectivity index (χ3v) is 2.66. The normalized spacial score (nSPS) is 24.5. The molecule has 1 heterocycles. The second-order valence-corrected chi connectivity index (χ2v) is 3.76. The van der Waals surface area contributed by atoms with Gasteiger partial charge in [0.05, 0.1) is 6.04 Å². The van der Waals surface area contributed by atoms with Crippen molar-refractivity contribution in [2.45, 2.75) is 12.5 Å². The second-order valence-electron chi connectivity index (χ2n) is 3.76. The first-order valence-electron chi connectivity index (χ1n) is 4.91. The Morgan fingerprint density at radius 3 is 2.88 bits per heavy atom. The molecule has 6 heteroatoms. The predicted octanol–water partition coefficient (Wildman–Crippen LogP) is -0.0567. The van der Waals surface area contributed by atoms with E-state index in [0.29, 0.717) is 6.42 Å². The molecule has 0 fully saturated rings. The molecule has 86 valence electrons. The highest BCUT2D eigenvalue weighted by atomic mass is 19.1. The van der Waals surface area contributed by atoms with Gasteiger partial charge in [-0.25, -0.2) is 9.18 Å². The number of nitrogens with one attached hydrogen (secondary N) is 1. The third-order valence-electron chi connectivity index (χ3n) is 2.66. The van der Waals surface area contributed by atoms with E-state index in [4.69, 9.17) is 5.11 Å². The molecule has 0 aromatic carbocycles. The standard InChI is InChI=1S/C10H11FN2O3/c11-7-3-6(5-14)4-8(7)13-2-1-9(15)12-10(13)16/h1-3,6,8,14H,4-5H2,(H,12,15,16)/t6-,8-/m1/s1. The minimum absolute atomic E-state index is 0.151.